The highest BCUT2D eigenvalue weighted by atomic mass is 19.1. The van der Waals surface area contributed by atoms with Gasteiger partial charge in [0, 0.05) is 13.1 Å². The fraction of sp³-hybridized carbons (Fsp3) is 0.381. The summed E-state index contributed by atoms with van der Waals surface area (Å²) in [7, 11) is 0. The lowest BCUT2D eigenvalue weighted by Gasteiger charge is -2.34. The molecule has 0 bridgehead atoms. The van der Waals surface area contributed by atoms with Crippen LogP contribution in [0.4, 0.5) is 4.39 Å². The molecule has 0 aliphatic carbocycles. The zero-order valence-corrected chi connectivity index (χ0v) is 14.6. The van der Waals surface area contributed by atoms with Gasteiger partial charge >= 0.3 is 0 Å². The van der Waals surface area contributed by atoms with E-state index in [1.54, 1.807) is 12.1 Å². The number of likely N-dealkylation sites (tertiary alicyclic amines) is 1. The number of piperidine rings is 1. The van der Waals surface area contributed by atoms with Gasteiger partial charge in [-0.15, -0.1) is 0 Å². The third kappa shape index (κ3) is 4.29. The van der Waals surface area contributed by atoms with Gasteiger partial charge in [0.25, 0.3) is 0 Å². The largest absolute Gasteiger partial charge is 0.392 e. The van der Waals surface area contributed by atoms with Crippen LogP contribution in [0.15, 0.2) is 48.5 Å². The van der Waals surface area contributed by atoms with E-state index < -0.39 is 6.10 Å². The molecule has 2 N–H and O–H groups in total. The summed E-state index contributed by atoms with van der Waals surface area (Å²) in [6.07, 6.45) is 1.07. The second-order valence-corrected chi connectivity index (χ2v) is 6.82. The highest BCUT2D eigenvalue weighted by Gasteiger charge is 2.28. The fourth-order valence-electron chi connectivity index (χ4n) is 3.56. The first-order chi connectivity index (χ1) is 12.6. The van der Waals surface area contributed by atoms with E-state index in [1.807, 2.05) is 29.2 Å². The number of carbonyl (C=O) groups is 1. The molecule has 0 radical (unpaired) electrons. The molecule has 1 aliphatic heterocycles. The molecule has 1 fully saturated rings. The lowest BCUT2D eigenvalue weighted by atomic mass is 9.87. The van der Waals surface area contributed by atoms with Crippen LogP contribution in [-0.2, 0) is 17.8 Å². The van der Waals surface area contributed by atoms with E-state index in [9.17, 15) is 19.4 Å². The first-order valence-electron chi connectivity index (χ1n) is 8.97. The maximum absolute atomic E-state index is 13.0. The molecule has 3 rings (SSSR count). The Hall–Kier alpha value is -2.24. The van der Waals surface area contributed by atoms with Crippen molar-refractivity contribution < 1.29 is 19.4 Å². The van der Waals surface area contributed by atoms with Gasteiger partial charge in [-0.1, -0.05) is 36.4 Å². The smallest absolute Gasteiger partial charge is 0.227 e. The normalized spacial score (nSPS) is 16.5. The van der Waals surface area contributed by atoms with Gasteiger partial charge in [0.2, 0.25) is 5.91 Å². The molecule has 1 atom stereocenters. The first kappa shape index (κ1) is 18.5. The highest BCUT2D eigenvalue weighted by molar-refractivity contribution is 5.79. The number of hydrogen-bond donors (Lipinski definition) is 2. The van der Waals surface area contributed by atoms with Crippen molar-refractivity contribution in [2.75, 3.05) is 13.1 Å². The summed E-state index contributed by atoms with van der Waals surface area (Å²) >= 11 is 0. The molecule has 2 aromatic rings. The zero-order valence-electron chi connectivity index (χ0n) is 14.6. The Labute approximate surface area is 152 Å². The number of halogens is 1. The van der Waals surface area contributed by atoms with Crippen molar-refractivity contribution in [1.29, 1.82) is 0 Å². The van der Waals surface area contributed by atoms with E-state index in [-0.39, 0.29) is 30.7 Å². The van der Waals surface area contributed by atoms with Gasteiger partial charge in [0.05, 0.1) is 19.1 Å². The van der Waals surface area contributed by atoms with Crippen LogP contribution in [0.1, 0.15) is 35.6 Å². The van der Waals surface area contributed by atoms with Crippen LogP contribution in [-0.4, -0.2) is 34.1 Å². The summed E-state index contributed by atoms with van der Waals surface area (Å²) in [5.41, 5.74) is 2.35. The van der Waals surface area contributed by atoms with Crippen molar-refractivity contribution in [3.63, 3.8) is 0 Å². The van der Waals surface area contributed by atoms with Crippen molar-refractivity contribution in [3.8, 4) is 0 Å². The van der Waals surface area contributed by atoms with E-state index >= 15 is 0 Å². The van der Waals surface area contributed by atoms with Gasteiger partial charge in [-0.25, -0.2) is 4.39 Å². The Morgan fingerprint density at radius 1 is 1.08 bits per heavy atom. The van der Waals surface area contributed by atoms with Crippen molar-refractivity contribution >= 4 is 5.91 Å². The molecule has 0 saturated carbocycles. The van der Waals surface area contributed by atoms with Gasteiger partial charge in [0.1, 0.15) is 5.82 Å². The molecule has 4 nitrogen and oxygen atoms in total. The predicted molar refractivity (Wildman–Crippen MR) is 96.7 cm³/mol. The maximum Gasteiger partial charge on any atom is 0.227 e. The number of amides is 1. The predicted octanol–water partition coefficient (Wildman–Crippen LogP) is 2.83. The number of rotatable bonds is 5. The summed E-state index contributed by atoms with van der Waals surface area (Å²) in [6, 6.07) is 13.4. The van der Waals surface area contributed by atoms with E-state index in [0.29, 0.717) is 31.5 Å². The van der Waals surface area contributed by atoms with Crippen LogP contribution in [0, 0.1) is 11.7 Å². The Balaban J connectivity index is 1.56. The van der Waals surface area contributed by atoms with Gasteiger partial charge in [-0.3, -0.25) is 4.79 Å². The molecule has 0 aromatic heterocycles. The van der Waals surface area contributed by atoms with Gasteiger partial charge < -0.3 is 15.1 Å². The molecule has 26 heavy (non-hydrogen) atoms. The summed E-state index contributed by atoms with van der Waals surface area (Å²) in [4.78, 5) is 14.4. The third-order valence-corrected chi connectivity index (χ3v) is 5.18. The number of hydrogen-bond acceptors (Lipinski definition) is 3. The molecule has 1 aliphatic rings. The number of nitrogens with zero attached hydrogens (tertiary/aromatic N) is 1. The molecule has 0 unspecified atom stereocenters. The number of carbonyl (C=O) groups excluding carboxylic acids is 1. The maximum atomic E-state index is 13.0. The zero-order chi connectivity index (χ0) is 18.5. The highest BCUT2D eigenvalue weighted by Crippen LogP contribution is 2.31. The average Bonchev–Trinajstić information content (AvgIpc) is 2.68. The average molecular weight is 357 g/mol. The molecule has 2 aromatic carbocycles. The SMILES string of the molecule is O=C(Cc1ccccc1CO)N1CCC([C@H](O)c2ccc(F)cc2)CC1. The molecule has 5 heteroatoms. The molecular weight excluding hydrogens is 333 g/mol. The van der Waals surface area contributed by atoms with E-state index in [0.717, 1.165) is 11.1 Å². The minimum atomic E-state index is -0.636. The van der Waals surface area contributed by atoms with Crippen LogP contribution in [0.25, 0.3) is 0 Å². The molecule has 138 valence electrons. The molecule has 1 amide bonds. The van der Waals surface area contributed by atoms with Crippen molar-refractivity contribution in [2.24, 2.45) is 5.92 Å². The molecule has 1 saturated heterocycles. The summed E-state index contributed by atoms with van der Waals surface area (Å²) in [6.45, 7) is 1.13. The van der Waals surface area contributed by atoms with E-state index in [4.69, 9.17) is 0 Å². The third-order valence-electron chi connectivity index (χ3n) is 5.18. The minimum Gasteiger partial charge on any atom is -0.392 e. The van der Waals surface area contributed by atoms with Crippen LogP contribution in [0.3, 0.4) is 0 Å². The lowest BCUT2D eigenvalue weighted by Crippen LogP contribution is -2.40. The molecule has 0 spiro atoms. The number of aliphatic hydroxyl groups excluding tert-OH is 2. The second kappa shape index (κ2) is 8.43. The van der Waals surface area contributed by atoms with Gasteiger partial charge in [-0.2, -0.15) is 0 Å². The van der Waals surface area contributed by atoms with Crippen LogP contribution < -0.4 is 0 Å². The Morgan fingerprint density at radius 2 is 1.69 bits per heavy atom. The fourth-order valence-corrected chi connectivity index (χ4v) is 3.56. The monoisotopic (exact) mass is 357 g/mol. The van der Waals surface area contributed by atoms with Crippen molar-refractivity contribution in [2.45, 2.75) is 32.0 Å². The van der Waals surface area contributed by atoms with Crippen LogP contribution >= 0.6 is 0 Å². The van der Waals surface area contributed by atoms with Crippen LogP contribution in [0.2, 0.25) is 0 Å². The summed E-state index contributed by atoms with van der Waals surface area (Å²) in [5.74, 6) is -0.209. The Morgan fingerprint density at radius 3 is 2.31 bits per heavy atom. The van der Waals surface area contributed by atoms with Gasteiger partial charge in [-0.05, 0) is 47.6 Å². The molecule has 1 heterocycles. The first-order valence-corrected chi connectivity index (χ1v) is 8.97. The van der Waals surface area contributed by atoms with E-state index in [1.165, 1.54) is 12.1 Å². The lowest BCUT2D eigenvalue weighted by molar-refractivity contribution is -0.132. The van der Waals surface area contributed by atoms with Crippen LogP contribution in [0.5, 0.6) is 0 Å². The minimum absolute atomic E-state index is 0.0422. The second-order valence-electron chi connectivity index (χ2n) is 6.82. The standard InChI is InChI=1S/C21H24FNO3/c22-19-7-5-15(6-8-19)21(26)16-9-11-23(12-10-16)20(25)13-17-3-1-2-4-18(17)14-24/h1-8,16,21,24,26H,9-14H2/t21-/m1/s1. The summed E-state index contributed by atoms with van der Waals surface area (Å²) in [5, 5.41) is 19.9. The number of aliphatic hydroxyl groups is 2. The Bertz CT molecular complexity index is 739. The summed E-state index contributed by atoms with van der Waals surface area (Å²) < 4.78 is 13.0. The van der Waals surface area contributed by atoms with Gasteiger partial charge in [0.15, 0.2) is 0 Å². The molecular formula is C21H24FNO3. The topological polar surface area (TPSA) is 60.8 Å². The Kier molecular flexibility index (Phi) is 6.01. The van der Waals surface area contributed by atoms with Crippen molar-refractivity contribution in [3.05, 3.63) is 71.0 Å². The van der Waals surface area contributed by atoms with Crippen molar-refractivity contribution in [1.82, 2.24) is 4.90 Å². The number of benzene rings is 2. The quantitative estimate of drug-likeness (QED) is 0.865. The van der Waals surface area contributed by atoms with E-state index in [2.05, 4.69) is 0 Å².